The van der Waals surface area contributed by atoms with Gasteiger partial charge in [-0.05, 0) is 19.4 Å². The van der Waals surface area contributed by atoms with Crippen LogP contribution in [0.3, 0.4) is 0 Å². The van der Waals surface area contributed by atoms with Gasteiger partial charge in [-0.15, -0.1) is 0 Å². The Morgan fingerprint density at radius 2 is 2.00 bits per heavy atom. The molecule has 66 valence electrons. The molecule has 0 spiro atoms. The third-order valence-corrected chi connectivity index (χ3v) is 1.31. The third-order valence-electron chi connectivity index (χ3n) is 1.31. The lowest BCUT2D eigenvalue weighted by Gasteiger charge is -1.91. The van der Waals surface area contributed by atoms with Crippen LogP contribution in [0.5, 0.6) is 0 Å². The number of aliphatic hydroxyl groups excluding tert-OH is 1. The van der Waals surface area contributed by atoms with Gasteiger partial charge in [-0.3, -0.25) is 0 Å². The lowest BCUT2D eigenvalue weighted by Crippen LogP contribution is -1.74. The Morgan fingerprint density at radius 3 is 2.42 bits per heavy atom. The molecule has 1 heteroatoms. The lowest BCUT2D eigenvalue weighted by molar-refractivity contribution is 0.342. The molecule has 0 bridgehead atoms. The molecule has 0 aliphatic carbocycles. The average Bonchev–Trinajstić information content (AvgIpc) is 2.05. The van der Waals surface area contributed by atoms with Gasteiger partial charge in [0.2, 0.25) is 0 Å². The first-order valence-corrected chi connectivity index (χ1v) is 3.98. The van der Waals surface area contributed by atoms with Crippen LogP contribution < -0.4 is 0 Å². The molecule has 0 rings (SSSR count). The van der Waals surface area contributed by atoms with Crippen molar-refractivity contribution in [3.8, 4) is 0 Å². The fourth-order valence-corrected chi connectivity index (χ4v) is 0.675. The first-order valence-electron chi connectivity index (χ1n) is 3.98. The van der Waals surface area contributed by atoms with E-state index in [1.54, 1.807) is 6.08 Å². The van der Waals surface area contributed by atoms with E-state index in [0.29, 0.717) is 0 Å². The van der Waals surface area contributed by atoms with E-state index in [-0.39, 0.29) is 6.61 Å². The zero-order valence-corrected chi connectivity index (χ0v) is 7.75. The Morgan fingerprint density at radius 1 is 1.33 bits per heavy atom. The summed E-state index contributed by atoms with van der Waals surface area (Å²) in [6, 6.07) is 0. The number of rotatable bonds is 4. The number of hydrogen-bond donors (Lipinski definition) is 1. The largest absolute Gasteiger partial charge is 0.392 e. The highest BCUT2D eigenvalue weighted by Crippen LogP contribution is 2.01. The van der Waals surface area contributed by atoms with Crippen molar-refractivity contribution in [3.63, 3.8) is 0 Å². The molecule has 0 aromatic rings. The second-order valence-corrected chi connectivity index (χ2v) is 2.55. The van der Waals surface area contributed by atoms with E-state index in [0.717, 1.165) is 11.1 Å². The Bertz CT molecular complexity index is 219. The average molecular weight is 164 g/mol. The lowest BCUT2D eigenvalue weighted by atomic mass is 10.2. The Hall–Kier alpha value is -1.08. The maximum absolute atomic E-state index is 8.53. The Labute approximate surface area is 74.4 Å². The molecule has 12 heavy (non-hydrogen) atoms. The van der Waals surface area contributed by atoms with Crippen LogP contribution in [-0.2, 0) is 0 Å². The van der Waals surface area contributed by atoms with Crippen LogP contribution in [0.25, 0.3) is 0 Å². The van der Waals surface area contributed by atoms with E-state index in [4.69, 9.17) is 5.11 Å². The molecule has 0 aliphatic rings. The summed E-state index contributed by atoms with van der Waals surface area (Å²) in [5, 5.41) is 8.53. The van der Waals surface area contributed by atoms with Crippen molar-refractivity contribution in [1.82, 2.24) is 0 Å². The van der Waals surface area contributed by atoms with E-state index in [1.807, 2.05) is 38.2 Å². The zero-order valence-electron chi connectivity index (χ0n) is 7.75. The minimum Gasteiger partial charge on any atom is -0.392 e. The minimum atomic E-state index is 0.0816. The molecule has 0 amide bonds. The molecule has 0 aromatic heterocycles. The minimum absolute atomic E-state index is 0.0816. The van der Waals surface area contributed by atoms with Gasteiger partial charge >= 0.3 is 0 Å². The molecular formula is C11H16O. The molecular weight excluding hydrogens is 148 g/mol. The highest BCUT2D eigenvalue weighted by Gasteiger charge is 1.81. The summed E-state index contributed by atoms with van der Waals surface area (Å²) in [5.74, 6) is 0. The summed E-state index contributed by atoms with van der Waals surface area (Å²) >= 11 is 0. The fraction of sp³-hybridized carbons (Fsp3) is 0.273. The van der Waals surface area contributed by atoms with Gasteiger partial charge < -0.3 is 5.11 Å². The molecule has 0 saturated carbocycles. The second kappa shape index (κ2) is 6.62. The molecule has 0 atom stereocenters. The van der Waals surface area contributed by atoms with Crippen LogP contribution in [0.15, 0.2) is 48.1 Å². The van der Waals surface area contributed by atoms with Crippen molar-refractivity contribution in [2.24, 2.45) is 0 Å². The molecule has 0 radical (unpaired) electrons. The molecule has 0 heterocycles. The van der Waals surface area contributed by atoms with Gasteiger partial charge in [0.05, 0.1) is 6.61 Å². The molecule has 0 aliphatic heterocycles. The predicted octanol–water partition coefficient (Wildman–Crippen LogP) is 2.61. The fourth-order valence-electron chi connectivity index (χ4n) is 0.675. The van der Waals surface area contributed by atoms with Gasteiger partial charge in [0.1, 0.15) is 0 Å². The maximum Gasteiger partial charge on any atom is 0.0615 e. The van der Waals surface area contributed by atoms with Crippen molar-refractivity contribution in [3.05, 3.63) is 48.1 Å². The van der Waals surface area contributed by atoms with Gasteiger partial charge in [0.15, 0.2) is 0 Å². The molecule has 0 unspecified atom stereocenters. The molecule has 0 aromatic carbocycles. The number of allylic oxidation sites excluding steroid dienone is 6. The first-order chi connectivity index (χ1) is 5.70. The van der Waals surface area contributed by atoms with Gasteiger partial charge in [-0.1, -0.05) is 42.5 Å². The first kappa shape index (κ1) is 10.9. The van der Waals surface area contributed by atoms with Crippen LogP contribution in [0.2, 0.25) is 0 Å². The third kappa shape index (κ3) is 5.69. The van der Waals surface area contributed by atoms with Crippen LogP contribution in [0, 0.1) is 0 Å². The molecule has 1 N–H and O–H groups in total. The van der Waals surface area contributed by atoms with Gasteiger partial charge in [-0.2, -0.15) is 0 Å². The van der Waals surface area contributed by atoms with Crippen LogP contribution in [-0.4, -0.2) is 11.7 Å². The number of aliphatic hydroxyl groups is 1. The SMILES string of the molecule is C=C(C)\C=C/C(/C=C/CO)=C\C. The monoisotopic (exact) mass is 164 g/mol. The van der Waals surface area contributed by atoms with Crippen molar-refractivity contribution in [2.45, 2.75) is 13.8 Å². The Balaban J connectivity index is 4.20. The highest BCUT2D eigenvalue weighted by molar-refractivity contribution is 5.33. The van der Waals surface area contributed by atoms with Crippen LogP contribution >= 0.6 is 0 Å². The number of hydrogen-bond acceptors (Lipinski definition) is 1. The van der Waals surface area contributed by atoms with Crippen LogP contribution in [0.1, 0.15) is 13.8 Å². The topological polar surface area (TPSA) is 20.2 Å². The standard InChI is InChI=1S/C11H16O/c1-4-11(6-5-9-12)8-7-10(2)3/h4-8,12H,2,9H2,1,3H3/b6-5+,8-7-,11-4-. The highest BCUT2D eigenvalue weighted by atomic mass is 16.2. The van der Waals surface area contributed by atoms with Crippen molar-refractivity contribution in [2.75, 3.05) is 6.61 Å². The summed E-state index contributed by atoms with van der Waals surface area (Å²) in [6.07, 6.45) is 9.47. The summed E-state index contributed by atoms with van der Waals surface area (Å²) < 4.78 is 0. The van der Waals surface area contributed by atoms with Gasteiger partial charge in [0, 0.05) is 0 Å². The predicted molar refractivity (Wildman–Crippen MR) is 53.9 cm³/mol. The van der Waals surface area contributed by atoms with Gasteiger partial charge in [0.25, 0.3) is 0 Å². The summed E-state index contributed by atoms with van der Waals surface area (Å²) in [5.41, 5.74) is 2.10. The maximum atomic E-state index is 8.53. The van der Waals surface area contributed by atoms with Crippen LogP contribution in [0.4, 0.5) is 0 Å². The van der Waals surface area contributed by atoms with E-state index in [9.17, 15) is 0 Å². The molecule has 0 fully saturated rings. The molecule has 0 saturated heterocycles. The zero-order chi connectivity index (χ0) is 9.40. The van der Waals surface area contributed by atoms with Crippen molar-refractivity contribution in [1.29, 1.82) is 0 Å². The van der Waals surface area contributed by atoms with Crippen molar-refractivity contribution < 1.29 is 5.11 Å². The van der Waals surface area contributed by atoms with E-state index >= 15 is 0 Å². The summed E-state index contributed by atoms with van der Waals surface area (Å²) in [7, 11) is 0. The molecule has 1 nitrogen and oxygen atoms in total. The van der Waals surface area contributed by atoms with Gasteiger partial charge in [-0.25, -0.2) is 0 Å². The van der Waals surface area contributed by atoms with Crippen molar-refractivity contribution >= 4 is 0 Å². The summed E-state index contributed by atoms with van der Waals surface area (Å²) in [6.45, 7) is 7.74. The van der Waals surface area contributed by atoms with E-state index in [2.05, 4.69) is 6.58 Å². The quantitative estimate of drug-likeness (QED) is 0.633. The summed E-state index contributed by atoms with van der Waals surface area (Å²) in [4.78, 5) is 0. The Kier molecular flexibility index (Phi) is 6.02. The second-order valence-electron chi connectivity index (χ2n) is 2.55. The van der Waals surface area contributed by atoms with E-state index in [1.165, 1.54) is 0 Å². The van der Waals surface area contributed by atoms with E-state index < -0.39 is 0 Å². The smallest absolute Gasteiger partial charge is 0.0615 e. The normalized spacial score (nSPS) is 13.1.